The Morgan fingerprint density at radius 3 is 2.64 bits per heavy atom. The summed E-state index contributed by atoms with van der Waals surface area (Å²) in [6.45, 7) is 5.34. The number of benzene rings is 1. The number of aliphatic hydroxyl groups excluding tert-OH is 1. The number of nitrogen functional groups attached to an aromatic ring is 1. The summed E-state index contributed by atoms with van der Waals surface area (Å²) in [4.78, 5) is 16.9. The van der Waals surface area contributed by atoms with Gasteiger partial charge in [0.15, 0.2) is 0 Å². The van der Waals surface area contributed by atoms with E-state index in [0.717, 1.165) is 62.0 Å². The molecule has 0 saturated carbocycles. The number of esters is 1. The second-order valence-electron chi connectivity index (χ2n) is 6.53. The number of anilines is 1. The summed E-state index contributed by atoms with van der Waals surface area (Å²) in [7, 11) is 2.12. The number of nitrogens with zero attached hydrogens (tertiary/aromatic N) is 2. The number of piperazine rings is 1. The van der Waals surface area contributed by atoms with Crippen LogP contribution in [0.3, 0.4) is 0 Å². The molecular formula is C18H28BrN3O3. The van der Waals surface area contributed by atoms with E-state index in [1.54, 1.807) is 6.07 Å². The van der Waals surface area contributed by atoms with Crippen LogP contribution in [0.15, 0.2) is 16.6 Å². The average molecular weight is 414 g/mol. The molecule has 1 aliphatic heterocycles. The van der Waals surface area contributed by atoms with E-state index in [9.17, 15) is 4.79 Å². The molecule has 1 saturated heterocycles. The molecule has 1 aromatic rings. The smallest absolute Gasteiger partial charge is 0.338 e. The van der Waals surface area contributed by atoms with Crippen LogP contribution in [0, 0.1) is 0 Å². The molecule has 2 rings (SSSR count). The van der Waals surface area contributed by atoms with Gasteiger partial charge in [-0.15, -0.1) is 0 Å². The van der Waals surface area contributed by atoms with E-state index in [4.69, 9.17) is 15.6 Å². The van der Waals surface area contributed by atoms with Crippen LogP contribution in [0.25, 0.3) is 0 Å². The molecule has 3 N–H and O–H groups in total. The van der Waals surface area contributed by atoms with Gasteiger partial charge in [0.1, 0.15) is 0 Å². The zero-order chi connectivity index (χ0) is 18.2. The monoisotopic (exact) mass is 413 g/mol. The number of rotatable bonds is 8. The lowest BCUT2D eigenvalue weighted by molar-refractivity contribution is 0.0496. The molecule has 0 amide bonds. The summed E-state index contributed by atoms with van der Waals surface area (Å²) < 4.78 is 6.05. The standard InChI is InChI=1S/C18H28BrN3O3/c1-21-5-7-22(8-6-21)13-15-11-14(12-16(19)17(15)20)18(24)25-10-4-2-3-9-23/h11-12,23H,2-10,13,20H2,1H3. The second kappa shape index (κ2) is 10.1. The van der Waals surface area contributed by atoms with Crippen molar-refractivity contribution in [1.29, 1.82) is 0 Å². The summed E-state index contributed by atoms with van der Waals surface area (Å²) >= 11 is 3.45. The number of carbonyl (C=O) groups is 1. The topological polar surface area (TPSA) is 79.0 Å². The van der Waals surface area contributed by atoms with E-state index in [1.807, 2.05) is 6.07 Å². The number of hydrogen-bond acceptors (Lipinski definition) is 6. The Morgan fingerprint density at radius 1 is 1.24 bits per heavy atom. The third-order valence-electron chi connectivity index (χ3n) is 4.48. The van der Waals surface area contributed by atoms with Crippen LogP contribution in [0.4, 0.5) is 5.69 Å². The van der Waals surface area contributed by atoms with Gasteiger partial charge in [-0.1, -0.05) is 0 Å². The van der Waals surface area contributed by atoms with Crippen molar-refractivity contribution in [2.75, 3.05) is 52.2 Å². The molecule has 6 nitrogen and oxygen atoms in total. The molecule has 25 heavy (non-hydrogen) atoms. The summed E-state index contributed by atoms with van der Waals surface area (Å²) in [6.07, 6.45) is 2.35. The molecule has 0 spiro atoms. The zero-order valence-electron chi connectivity index (χ0n) is 14.8. The number of aliphatic hydroxyl groups is 1. The Balaban J connectivity index is 1.97. The van der Waals surface area contributed by atoms with E-state index in [-0.39, 0.29) is 12.6 Å². The number of carbonyl (C=O) groups excluding carboxylic acids is 1. The molecule has 1 aromatic carbocycles. The molecule has 1 heterocycles. The molecule has 1 fully saturated rings. The Kier molecular flexibility index (Phi) is 8.15. The van der Waals surface area contributed by atoms with Gasteiger partial charge in [-0.05, 0) is 59.9 Å². The van der Waals surface area contributed by atoms with Gasteiger partial charge >= 0.3 is 5.97 Å². The Hall–Kier alpha value is -1.15. The first kappa shape index (κ1) is 20.2. The number of halogens is 1. The van der Waals surface area contributed by atoms with Crippen molar-refractivity contribution in [3.63, 3.8) is 0 Å². The number of hydrogen-bond donors (Lipinski definition) is 2. The van der Waals surface area contributed by atoms with Gasteiger partial charge in [-0.2, -0.15) is 0 Å². The molecule has 0 aromatic heterocycles. The lowest BCUT2D eigenvalue weighted by atomic mass is 10.1. The van der Waals surface area contributed by atoms with Crippen molar-refractivity contribution in [2.45, 2.75) is 25.8 Å². The summed E-state index contributed by atoms with van der Waals surface area (Å²) in [5.74, 6) is -0.329. The van der Waals surface area contributed by atoms with Crippen LogP contribution in [-0.2, 0) is 11.3 Å². The molecule has 140 valence electrons. The Labute approximate surface area is 158 Å². The van der Waals surface area contributed by atoms with E-state index < -0.39 is 0 Å². The lowest BCUT2D eigenvalue weighted by Gasteiger charge is -2.32. The Bertz CT molecular complexity index is 575. The van der Waals surface area contributed by atoms with Crippen molar-refractivity contribution >= 4 is 27.6 Å². The van der Waals surface area contributed by atoms with Crippen LogP contribution in [0.1, 0.15) is 35.2 Å². The minimum absolute atomic E-state index is 0.175. The van der Waals surface area contributed by atoms with Crippen molar-refractivity contribution in [3.8, 4) is 0 Å². The van der Waals surface area contributed by atoms with Gasteiger partial charge in [0, 0.05) is 43.8 Å². The number of likely N-dealkylation sites (N-methyl/N-ethyl adjacent to an activating group) is 1. The molecule has 0 bridgehead atoms. The van der Waals surface area contributed by atoms with Gasteiger partial charge < -0.3 is 20.5 Å². The lowest BCUT2D eigenvalue weighted by Crippen LogP contribution is -2.44. The number of nitrogens with two attached hydrogens (primary N) is 1. The van der Waals surface area contributed by atoms with Gasteiger partial charge in [-0.3, -0.25) is 4.90 Å². The van der Waals surface area contributed by atoms with Gasteiger partial charge in [0.2, 0.25) is 0 Å². The van der Waals surface area contributed by atoms with E-state index in [2.05, 4.69) is 32.8 Å². The predicted octanol–water partition coefficient (Wildman–Crippen LogP) is 2.10. The van der Waals surface area contributed by atoms with E-state index in [0.29, 0.717) is 17.9 Å². The highest BCUT2D eigenvalue weighted by Crippen LogP contribution is 2.27. The first-order valence-electron chi connectivity index (χ1n) is 8.78. The second-order valence-corrected chi connectivity index (χ2v) is 7.38. The van der Waals surface area contributed by atoms with Crippen molar-refractivity contribution in [1.82, 2.24) is 9.80 Å². The fourth-order valence-electron chi connectivity index (χ4n) is 2.81. The number of ether oxygens (including phenoxy) is 1. The third kappa shape index (κ3) is 6.26. The molecule has 0 unspecified atom stereocenters. The van der Waals surface area contributed by atoms with Crippen LogP contribution in [-0.4, -0.2) is 67.3 Å². The van der Waals surface area contributed by atoms with Crippen LogP contribution < -0.4 is 5.73 Å². The normalized spacial score (nSPS) is 16.1. The van der Waals surface area contributed by atoms with Crippen molar-refractivity contribution in [2.24, 2.45) is 0 Å². The molecule has 0 aliphatic carbocycles. The highest BCUT2D eigenvalue weighted by atomic mass is 79.9. The van der Waals surface area contributed by atoms with E-state index >= 15 is 0 Å². The maximum atomic E-state index is 12.3. The Morgan fingerprint density at radius 2 is 1.96 bits per heavy atom. The maximum absolute atomic E-state index is 12.3. The van der Waals surface area contributed by atoms with Gasteiger partial charge in [-0.25, -0.2) is 4.79 Å². The fraction of sp³-hybridized carbons (Fsp3) is 0.611. The highest BCUT2D eigenvalue weighted by molar-refractivity contribution is 9.10. The quantitative estimate of drug-likeness (QED) is 0.385. The van der Waals surface area contributed by atoms with Crippen molar-refractivity contribution < 1.29 is 14.6 Å². The first-order chi connectivity index (χ1) is 12.0. The SMILES string of the molecule is CN1CCN(Cc2cc(C(=O)OCCCCCO)cc(Br)c2N)CC1. The largest absolute Gasteiger partial charge is 0.462 e. The predicted molar refractivity (Wildman–Crippen MR) is 103 cm³/mol. The maximum Gasteiger partial charge on any atom is 0.338 e. The first-order valence-corrected chi connectivity index (χ1v) is 9.57. The molecule has 0 radical (unpaired) electrons. The van der Waals surface area contributed by atoms with Crippen LogP contribution in [0.5, 0.6) is 0 Å². The van der Waals surface area contributed by atoms with Gasteiger partial charge in [0.05, 0.1) is 17.9 Å². The zero-order valence-corrected chi connectivity index (χ0v) is 16.4. The third-order valence-corrected chi connectivity index (χ3v) is 5.13. The molecule has 7 heteroatoms. The summed E-state index contributed by atoms with van der Waals surface area (Å²) in [5, 5.41) is 8.76. The molecular weight excluding hydrogens is 386 g/mol. The van der Waals surface area contributed by atoms with Crippen LogP contribution in [0.2, 0.25) is 0 Å². The average Bonchev–Trinajstić information content (AvgIpc) is 2.60. The van der Waals surface area contributed by atoms with Gasteiger partial charge in [0.25, 0.3) is 0 Å². The fourth-order valence-corrected chi connectivity index (χ4v) is 3.31. The minimum atomic E-state index is -0.329. The van der Waals surface area contributed by atoms with E-state index in [1.165, 1.54) is 0 Å². The summed E-state index contributed by atoms with van der Waals surface area (Å²) in [6, 6.07) is 3.56. The van der Waals surface area contributed by atoms with Crippen molar-refractivity contribution in [3.05, 3.63) is 27.7 Å². The highest BCUT2D eigenvalue weighted by Gasteiger charge is 2.18. The summed E-state index contributed by atoms with van der Waals surface area (Å²) in [5.41, 5.74) is 8.34. The number of unbranched alkanes of at least 4 members (excludes halogenated alkanes) is 2. The van der Waals surface area contributed by atoms with Crippen LogP contribution >= 0.6 is 15.9 Å². The minimum Gasteiger partial charge on any atom is -0.462 e. The molecule has 1 aliphatic rings. The molecule has 0 atom stereocenters.